The van der Waals surface area contributed by atoms with Crippen LogP contribution >= 0.6 is 0 Å². The molecule has 3 fully saturated rings. The van der Waals surface area contributed by atoms with Crippen molar-refractivity contribution < 1.29 is 39.0 Å². The van der Waals surface area contributed by atoms with Crippen LogP contribution in [0.1, 0.15) is 45.5 Å². The molecule has 1 aromatic carbocycles. The summed E-state index contributed by atoms with van der Waals surface area (Å²) >= 11 is 0. The maximum absolute atomic E-state index is 13.1. The second-order valence-electron chi connectivity index (χ2n) is 8.86. The average Bonchev–Trinajstić information content (AvgIpc) is 3.32. The van der Waals surface area contributed by atoms with Crippen LogP contribution < -0.4 is 10.6 Å². The molecule has 33 heavy (non-hydrogen) atoms. The number of ketones is 1. The molecule has 5 amide bonds. The van der Waals surface area contributed by atoms with E-state index in [1.165, 1.54) is 6.07 Å². The highest BCUT2D eigenvalue weighted by Gasteiger charge is 2.60. The first-order chi connectivity index (χ1) is 15.7. The smallest absolute Gasteiger partial charge is 0.262 e. The molecule has 1 saturated heterocycles. The Morgan fingerprint density at radius 1 is 1.09 bits per heavy atom. The molecule has 6 atom stereocenters. The topological polar surface area (TPSA) is 170 Å². The van der Waals surface area contributed by atoms with Gasteiger partial charge in [0.15, 0.2) is 0 Å². The first kappa shape index (κ1) is 21.4. The van der Waals surface area contributed by atoms with Gasteiger partial charge in [-0.15, -0.1) is 0 Å². The van der Waals surface area contributed by atoms with Gasteiger partial charge in [0.05, 0.1) is 35.2 Å². The lowest BCUT2D eigenvalue weighted by Crippen LogP contribution is -2.54. The number of aliphatic hydroxyl groups is 2. The molecular formula is C22H21N3O8. The first-order valence-corrected chi connectivity index (χ1v) is 10.7. The van der Waals surface area contributed by atoms with Crippen LogP contribution in [-0.4, -0.2) is 68.7 Å². The Morgan fingerprint density at radius 3 is 2.52 bits per heavy atom. The number of nitrogens with one attached hydrogen (secondary N) is 2. The summed E-state index contributed by atoms with van der Waals surface area (Å²) in [6, 6.07) is 3.49. The number of hydrogen-bond acceptors (Lipinski definition) is 8. The number of Topliss-reactive ketones (excluding diaryl/α,β-unsaturated/α-hetero) is 1. The summed E-state index contributed by atoms with van der Waals surface area (Å²) in [7, 11) is 0. The van der Waals surface area contributed by atoms with Crippen LogP contribution in [0.5, 0.6) is 0 Å². The summed E-state index contributed by atoms with van der Waals surface area (Å²) in [6.07, 6.45) is -2.26. The van der Waals surface area contributed by atoms with Gasteiger partial charge in [-0.25, -0.2) is 0 Å². The van der Waals surface area contributed by atoms with Crippen LogP contribution in [0.25, 0.3) is 0 Å². The second-order valence-corrected chi connectivity index (χ2v) is 8.86. The van der Waals surface area contributed by atoms with Crippen molar-refractivity contribution in [3.63, 3.8) is 0 Å². The molecule has 2 unspecified atom stereocenters. The SMILES string of the molecule is O=C1CCC(N2C(=O)c3cccc(CNC(=O)C4C[C@H]5C(=O)[C@@H]4[C@H](O)[C@@H]5O)c3C2=O)C(=O)N1. The monoisotopic (exact) mass is 455 g/mol. The molecule has 2 aliphatic carbocycles. The van der Waals surface area contributed by atoms with Crippen molar-refractivity contribution in [2.45, 2.75) is 44.1 Å². The van der Waals surface area contributed by atoms with E-state index < -0.39 is 65.5 Å². The average molecular weight is 455 g/mol. The van der Waals surface area contributed by atoms with E-state index >= 15 is 0 Å². The van der Waals surface area contributed by atoms with E-state index in [9.17, 15) is 39.0 Å². The number of imide groups is 2. The number of rotatable bonds is 4. The summed E-state index contributed by atoms with van der Waals surface area (Å²) < 4.78 is 0. The van der Waals surface area contributed by atoms with Gasteiger partial charge in [0, 0.05) is 18.9 Å². The number of benzene rings is 1. The van der Waals surface area contributed by atoms with Crippen molar-refractivity contribution in [1.82, 2.24) is 15.5 Å². The molecule has 11 heteroatoms. The fourth-order valence-corrected chi connectivity index (χ4v) is 5.46. The van der Waals surface area contributed by atoms with E-state index in [4.69, 9.17) is 0 Å². The van der Waals surface area contributed by atoms with E-state index in [-0.39, 0.29) is 42.7 Å². The third-order valence-corrected chi connectivity index (χ3v) is 7.11. The number of piperidine rings is 1. The van der Waals surface area contributed by atoms with Crippen molar-refractivity contribution in [3.05, 3.63) is 34.9 Å². The molecule has 0 radical (unpaired) electrons. The Bertz CT molecular complexity index is 1130. The fourth-order valence-electron chi connectivity index (χ4n) is 5.46. The molecule has 0 aromatic heterocycles. The summed E-state index contributed by atoms with van der Waals surface area (Å²) in [5.41, 5.74) is 0.543. The fraction of sp³-hybridized carbons (Fsp3) is 0.455. The predicted octanol–water partition coefficient (Wildman–Crippen LogP) is -1.74. The Hall–Kier alpha value is -3.44. The zero-order valence-corrected chi connectivity index (χ0v) is 17.3. The summed E-state index contributed by atoms with van der Waals surface area (Å²) in [4.78, 5) is 75.4. The molecule has 11 nitrogen and oxygen atoms in total. The number of carbonyl (C=O) groups is 6. The van der Waals surface area contributed by atoms with Crippen molar-refractivity contribution in [3.8, 4) is 0 Å². The Morgan fingerprint density at radius 2 is 1.85 bits per heavy atom. The van der Waals surface area contributed by atoms with Crippen LogP contribution in [-0.2, 0) is 25.7 Å². The maximum Gasteiger partial charge on any atom is 0.262 e. The standard InChI is InChI=1S/C22H21N3O8/c26-13-5-4-12(20(31)24-13)25-21(32)9-3-1-2-8(14(9)22(25)33)7-23-19(30)10-6-11-16(27)15(10)18(29)17(11)28/h1-3,10-12,15,17-18,28-29H,4-7H2,(H,23,30)(H,24,26,31)/t10?,11-,12?,15+,17+,18-/m0/s1. The number of carbonyl (C=O) groups excluding carboxylic acids is 6. The van der Waals surface area contributed by atoms with Gasteiger partial charge in [-0.05, 0) is 24.5 Å². The molecule has 0 spiro atoms. The third-order valence-electron chi connectivity index (χ3n) is 7.11. The van der Waals surface area contributed by atoms with Gasteiger partial charge in [0.1, 0.15) is 11.8 Å². The van der Waals surface area contributed by atoms with Gasteiger partial charge < -0.3 is 15.5 Å². The summed E-state index contributed by atoms with van der Waals surface area (Å²) in [5, 5.41) is 24.7. The maximum atomic E-state index is 13.1. The highest BCUT2D eigenvalue weighted by atomic mass is 16.3. The quantitative estimate of drug-likeness (QED) is 0.388. The van der Waals surface area contributed by atoms with Gasteiger partial charge >= 0.3 is 0 Å². The number of nitrogens with zero attached hydrogens (tertiary/aromatic N) is 1. The number of amides is 5. The van der Waals surface area contributed by atoms with Crippen molar-refractivity contribution in [2.75, 3.05) is 0 Å². The van der Waals surface area contributed by atoms with Crippen LogP contribution in [0.3, 0.4) is 0 Å². The molecular weight excluding hydrogens is 434 g/mol. The third kappa shape index (κ3) is 3.10. The number of hydrogen-bond donors (Lipinski definition) is 4. The highest BCUT2D eigenvalue weighted by molar-refractivity contribution is 6.24. The van der Waals surface area contributed by atoms with Gasteiger partial charge in [0.25, 0.3) is 11.8 Å². The van der Waals surface area contributed by atoms with E-state index in [1.807, 2.05) is 0 Å². The van der Waals surface area contributed by atoms with E-state index in [1.54, 1.807) is 12.1 Å². The zero-order chi connectivity index (χ0) is 23.6. The van der Waals surface area contributed by atoms with Gasteiger partial charge in [-0.3, -0.25) is 39.0 Å². The molecule has 172 valence electrons. The molecule has 2 bridgehead atoms. The Balaban J connectivity index is 1.33. The lowest BCUT2D eigenvalue weighted by Gasteiger charge is -2.28. The summed E-state index contributed by atoms with van der Waals surface area (Å²) in [6.45, 7) is -0.106. The van der Waals surface area contributed by atoms with Crippen LogP contribution in [0.4, 0.5) is 0 Å². The predicted molar refractivity (Wildman–Crippen MR) is 107 cm³/mol. The minimum Gasteiger partial charge on any atom is -0.390 e. The van der Waals surface area contributed by atoms with Crippen molar-refractivity contribution >= 4 is 35.3 Å². The second kappa shape index (κ2) is 7.56. The van der Waals surface area contributed by atoms with Crippen molar-refractivity contribution in [2.24, 2.45) is 17.8 Å². The highest BCUT2D eigenvalue weighted by Crippen LogP contribution is 2.46. The molecule has 2 aliphatic heterocycles. The minimum absolute atomic E-state index is 0.00947. The van der Waals surface area contributed by atoms with Crippen molar-refractivity contribution in [1.29, 1.82) is 0 Å². The normalized spacial score (nSPS) is 32.9. The van der Waals surface area contributed by atoms with Crippen LogP contribution in [0, 0.1) is 17.8 Å². The summed E-state index contributed by atoms with van der Waals surface area (Å²) in [5.74, 6) is -5.81. The molecule has 4 N–H and O–H groups in total. The molecule has 2 heterocycles. The lowest BCUT2D eigenvalue weighted by molar-refractivity contribution is -0.136. The molecule has 4 aliphatic rings. The lowest BCUT2D eigenvalue weighted by atomic mass is 9.84. The zero-order valence-electron chi connectivity index (χ0n) is 17.3. The largest absolute Gasteiger partial charge is 0.390 e. The van der Waals surface area contributed by atoms with E-state index in [2.05, 4.69) is 10.6 Å². The molecule has 2 saturated carbocycles. The Labute approximate surface area is 187 Å². The molecule has 5 rings (SSSR count). The number of aliphatic hydroxyl groups excluding tert-OH is 2. The minimum atomic E-state index is -1.28. The first-order valence-electron chi connectivity index (χ1n) is 10.7. The van der Waals surface area contributed by atoms with Crippen LogP contribution in [0.2, 0.25) is 0 Å². The van der Waals surface area contributed by atoms with Gasteiger partial charge in [-0.1, -0.05) is 12.1 Å². The van der Waals surface area contributed by atoms with Gasteiger partial charge in [-0.2, -0.15) is 0 Å². The Kier molecular flexibility index (Phi) is 4.91. The van der Waals surface area contributed by atoms with E-state index in [0.717, 1.165) is 4.90 Å². The van der Waals surface area contributed by atoms with Gasteiger partial charge in [0.2, 0.25) is 17.7 Å². The van der Waals surface area contributed by atoms with E-state index in [0.29, 0.717) is 5.56 Å². The van der Waals surface area contributed by atoms with Crippen LogP contribution in [0.15, 0.2) is 18.2 Å². The number of fused-ring (bicyclic) bond motifs is 3. The molecule has 1 aromatic rings.